The highest BCUT2D eigenvalue weighted by Crippen LogP contribution is 2.35. The smallest absolute Gasteiger partial charge is 0.267 e. The van der Waals surface area contributed by atoms with E-state index in [1.54, 1.807) is 12.3 Å². The first-order valence-electron chi connectivity index (χ1n) is 20.2. The number of thiazole rings is 1. The summed E-state index contributed by atoms with van der Waals surface area (Å²) in [7, 11) is 0. The summed E-state index contributed by atoms with van der Waals surface area (Å²) < 4.78 is 0. The minimum absolute atomic E-state index is 0.199. The van der Waals surface area contributed by atoms with Gasteiger partial charge in [0.15, 0.2) is 5.13 Å². The molecule has 0 radical (unpaired) electrons. The van der Waals surface area contributed by atoms with Crippen LogP contribution >= 0.6 is 22.9 Å². The minimum Gasteiger partial charge on any atom is -0.365 e. The number of hydrogen-bond donors (Lipinski definition) is 3. The van der Waals surface area contributed by atoms with Crippen LogP contribution in [0.1, 0.15) is 77.5 Å². The summed E-state index contributed by atoms with van der Waals surface area (Å²) in [6.45, 7) is 9.81. The maximum atomic E-state index is 13.4. The molecule has 7 heterocycles. The van der Waals surface area contributed by atoms with Crippen LogP contribution in [-0.2, 0) is 14.4 Å². The second kappa shape index (κ2) is 17.4. The van der Waals surface area contributed by atoms with Gasteiger partial charge < -0.3 is 25.3 Å². The first kappa shape index (κ1) is 39.7. The molecule has 3 unspecified atom stereocenters. The molecule has 0 spiro atoms. The van der Waals surface area contributed by atoms with Crippen molar-refractivity contribution in [2.24, 2.45) is 0 Å². The number of piperidine rings is 3. The Labute approximate surface area is 347 Å². The van der Waals surface area contributed by atoms with E-state index in [4.69, 9.17) is 16.6 Å². The van der Waals surface area contributed by atoms with Crippen molar-refractivity contribution < 1.29 is 19.2 Å². The molecule has 2 bridgehead atoms. The number of rotatable bonds is 12. The summed E-state index contributed by atoms with van der Waals surface area (Å²) in [5.74, 6) is 1.41. The molecule has 304 valence electrons. The fourth-order valence-electron chi connectivity index (χ4n) is 8.61. The number of carbonyl (C=O) groups is 4. The molecule has 0 aliphatic carbocycles. The molecule has 14 nitrogen and oxygen atoms in total. The van der Waals surface area contributed by atoms with Crippen LogP contribution in [-0.4, -0.2) is 106 Å². The topological polar surface area (TPSA) is 156 Å². The summed E-state index contributed by atoms with van der Waals surface area (Å²) in [5.41, 5.74) is 3.54. The number of para-hydroxylation sites is 1. The predicted molar refractivity (Wildman–Crippen MR) is 226 cm³/mol. The molecule has 4 amide bonds. The molecule has 3 atom stereocenters. The van der Waals surface area contributed by atoms with Crippen LogP contribution in [0.15, 0.2) is 54.7 Å². The lowest BCUT2D eigenvalue weighted by Crippen LogP contribution is -2.64. The van der Waals surface area contributed by atoms with Gasteiger partial charge in [0.05, 0.1) is 22.8 Å². The molecule has 9 rings (SSSR count). The quantitative estimate of drug-likeness (QED) is 0.116. The van der Waals surface area contributed by atoms with Crippen LogP contribution < -0.4 is 25.8 Å². The molecule has 5 saturated heterocycles. The van der Waals surface area contributed by atoms with E-state index < -0.39 is 0 Å². The van der Waals surface area contributed by atoms with Crippen LogP contribution in [0.2, 0.25) is 5.02 Å². The molecule has 0 saturated carbocycles. The highest BCUT2D eigenvalue weighted by molar-refractivity contribution is 7.17. The molecule has 5 fully saturated rings. The Balaban J connectivity index is 0.761. The standard InChI is InChI=1S/C42H49ClN10O4S/c1-26-6-5-7-33(43)39(26)49-41(57)34-23-44-42(58-34)47-35-22-36(46-27(2)45-35)51-20-18-50(19-21-51)17-4-3-8-38(55)53-25-30-13-14-31(53)24-52(30)29-11-9-28(10-12-29)32-15-16-37(54)48-40(32)56/h5-7,9-12,22-23,30-32H,3-4,8,13-21,24-25H2,1-2H3,(H,49,57)(H,48,54,56)(H,44,45,46,47). The molecule has 4 aromatic rings. The third-order valence-electron chi connectivity index (χ3n) is 11.8. The highest BCUT2D eigenvalue weighted by atomic mass is 35.5. The maximum absolute atomic E-state index is 13.4. The number of anilines is 5. The second-order valence-electron chi connectivity index (χ2n) is 15.7. The lowest BCUT2D eigenvalue weighted by atomic mass is 9.88. The van der Waals surface area contributed by atoms with Crippen molar-refractivity contribution in [1.82, 2.24) is 30.1 Å². The van der Waals surface area contributed by atoms with Gasteiger partial charge >= 0.3 is 0 Å². The van der Waals surface area contributed by atoms with Crippen molar-refractivity contribution in [3.05, 3.63) is 81.6 Å². The SMILES string of the molecule is Cc1nc(Nc2ncc(C(=O)Nc3c(C)cccc3Cl)s2)cc(N2CCN(CCCCC(=O)N3CC4CCC3CN4c3ccc(C4CCC(=O)NC4=O)cc3)CC2)n1. The Kier molecular flexibility index (Phi) is 11.9. The number of fused-ring (bicyclic) bond motifs is 3. The molecule has 5 aliphatic heterocycles. The maximum Gasteiger partial charge on any atom is 0.267 e. The van der Waals surface area contributed by atoms with Gasteiger partial charge in [0.25, 0.3) is 5.91 Å². The Morgan fingerprint density at radius 3 is 2.48 bits per heavy atom. The molecule has 2 aromatic heterocycles. The van der Waals surface area contributed by atoms with Gasteiger partial charge in [0.2, 0.25) is 17.7 Å². The van der Waals surface area contributed by atoms with Gasteiger partial charge in [-0.05, 0) is 81.8 Å². The first-order chi connectivity index (χ1) is 28.1. The number of aromatic nitrogens is 3. The normalized spacial score (nSPS) is 20.9. The van der Waals surface area contributed by atoms with E-state index in [2.05, 4.69) is 57.7 Å². The molecular weight excluding hydrogens is 776 g/mol. The van der Waals surface area contributed by atoms with E-state index in [1.165, 1.54) is 11.3 Å². The van der Waals surface area contributed by atoms with Gasteiger partial charge in [-0.1, -0.05) is 47.2 Å². The van der Waals surface area contributed by atoms with Crippen molar-refractivity contribution in [3.63, 3.8) is 0 Å². The number of benzene rings is 2. The van der Waals surface area contributed by atoms with Gasteiger partial charge in [-0.3, -0.25) is 29.4 Å². The predicted octanol–water partition coefficient (Wildman–Crippen LogP) is 5.89. The molecule has 16 heteroatoms. The number of imide groups is 1. The van der Waals surface area contributed by atoms with Crippen LogP contribution in [0.5, 0.6) is 0 Å². The number of amides is 4. The van der Waals surface area contributed by atoms with Crippen molar-refractivity contribution in [3.8, 4) is 0 Å². The van der Waals surface area contributed by atoms with Crippen molar-refractivity contribution in [1.29, 1.82) is 0 Å². The largest absolute Gasteiger partial charge is 0.365 e. The molecule has 2 aromatic carbocycles. The third-order valence-corrected chi connectivity index (χ3v) is 13.0. The number of aryl methyl sites for hydroxylation is 2. The van der Waals surface area contributed by atoms with E-state index in [1.807, 2.05) is 44.2 Å². The summed E-state index contributed by atoms with van der Waals surface area (Å²) in [6.07, 6.45) is 6.99. The van der Waals surface area contributed by atoms with Crippen LogP contribution in [0.3, 0.4) is 0 Å². The number of nitrogens with zero attached hydrogens (tertiary/aromatic N) is 7. The minimum atomic E-state index is -0.283. The Hall–Kier alpha value is -5.12. The van der Waals surface area contributed by atoms with Gasteiger partial charge in [-0.15, -0.1) is 0 Å². The number of piperazine rings is 2. The summed E-state index contributed by atoms with van der Waals surface area (Å²) in [4.78, 5) is 73.7. The van der Waals surface area contributed by atoms with E-state index in [-0.39, 0.29) is 35.6 Å². The Morgan fingerprint density at radius 1 is 0.948 bits per heavy atom. The van der Waals surface area contributed by atoms with Gasteiger partial charge in [-0.2, -0.15) is 0 Å². The summed E-state index contributed by atoms with van der Waals surface area (Å²) in [5, 5.41) is 9.65. The van der Waals surface area contributed by atoms with Crippen LogP contribution in [0, 0.1) is 13.8 Å². The zero-order valence-electron chi connectivity index (χ0n) is 32.9. The van der Waals surface area contributed by atoms with Crippen LogP contribution in [0.25, 0.3) is 0 Å². The number of nitrogens with one attached hydrogen (secondary N) is 3. The fraction of sp³-hybridized carbons (Fsp3) is 0.452. The number of halogens is 1. The lowest BCUT2D eigenvalue weighted by molar-refractivity contribution is -0.137. The lowest BCUT2D eigenvalue weighted by Gasteiger charge is -2.52. The number of unbranched alkanes of at least 4 members (excludes halogenated alkanes) is 1. The van der Waals surface area contributed by atoms with Crippen molar-refractivity contribution >= 4 is 74.7 Å². The van der Waals surface area contributed by atoms with E-state index in [0.717, 1.165) is 94.1 Å². The average Bonchev–Trinajstić information content (AvgIpc) is 3.69. The monoisotopic (exact) mass is 824 g/mol. The first-order valence-corrected chi connectivity index (χ1v) is 21.4. The highest BCUT2D eigenvalue weighted by Gasteiger charge is 2.41. The number of hydrogen-bond acceptors (Lipinski definition) is 12. The summed E-state index contributed by atoms with van der Waals surface area (Å²) in [6, 6.07) is 16.1. The number of carbonyl (C=O) groups excluding carboxylic acids is 4. The van der Waals surface area contributed by atoms with Gasteiger partial charge in [0.1, 0.15) is 22.3 Å². The van der Waals surface area contributed by atoms with E-state index >= 15 is 0 Å². The zero-order chi connectivity index (χ0) is 40.3. The Morgan fingerprint density at radius 2 is 1.74 bits per heavy atom. The molecule has 5 aliphatic rings. The van der Waals surface area contributed by atoms with E-state index in [0.29, 0.717) is 57.7 Å². The molecule has 3 N–H and O–H groups in total. The Bertz CT molecular complexity index is 2150. The van der Waals surface area contributed by atoms with Crippen molar-refractivity contribution in [2.75, 3.05) is 66.2 Å². The van der Waals surface area contributed by atoms with Crippen molar-refractivity contribution in [2.45, 2.75) is 76.8 Å². The second-order valence-corrected chi connectivity index (χ2v) is 17.1. The zero-order valence-corrected chi connectivity index (χ0v) is 34.4. The molecule has 58 heavy (non-hydrogen) atoms. The van der Waals surface area contributed by atoms with Crippen LogP contribution in [0.4, 0.5) is 28.1 Å². The van der Waals surface area contributed by atoms with Gasteiger partial charge in [-0.25, -0.2) is 15.0 Å². The average molecular weight is 825 g/mol. The fourth-order valence-corrected chi connectivity index (χ4v) is 9.59. The third kappa shape index (κ3) is 8.96. The van der Waals surface area contributed by atoms with Gasteiger partial charge in [0, 0.05) is 75.9 Å². The molecular formula is C42H49ClN10O4S. The van der Waals surface area contributed by atoms with E-state index in [9.17, 15) is 19.2 Å². The summed E-state index contributed by atoms with van der Waals surface area (Å²) >= 11 is 7.54.